The second-order valence-electron chi connectivity index (χ2n) is 6.79. The predicted octanol–water partition coefficient (Wildman–Crippen LogP) is 5.59. The molecular weight excluding hydrogens is 356 g/mol. The molecule has 0 saturated carbocycles. The van der Waals surface area contributed by atoms with Crippen molar-refractivity contribution in [3.05, 3.63) is 96.3 Å². The molecule has 3 aromatic carbocycles. The monoisotopic (exact) mass is 370 g/mol. The number of para-hydroxylation sites is 2. The summed E-state index contributed by atoms with van der Waals surface area (Å²) in [5.74, 6) is 0. The molecule has 0 saturated heterocycles. The average Bonchev–Trinajstić information content (AvgIpc) is 3.12. The minimum absolute atomic E-state index is 0.526. The molecule has 0 atom stereocenters. The highest BCUT2D eigenvalue weighted by atomic mass is 15.0. The van der Waals surface area contributed by atoms with E-state index in [1.165, 1.54) is 0 Å². The first-order chi connectivity index (χ1) is 14.3. The molecule has 134 valence electrons. The summed E-state index contributed by atoms with van der Waals surface area (Å²) in [6.07, 6.45) is 3.34. The van der Waals surface area contributed by atoms with Gasteiger partial charge in [0.2, 0.25) is 0 Å². The molecule has 0 spiro atoms. The lowest BCUT2D eigenvalue weighted by molar-refractivity contribution is 1.18. The molecule has 5 aromatic rings. The van der Waals surface area contributed by atoms with Crippen LogP contribution in [0.5, 0.6) is 0 Å². The third-order valence-electron chi connectivity index (χ3n) is 5.12. The van der Waals surface area contributed by atoms with Gasteiger partial charge in [0.25, 0.3) is 0 Å². The lowest BCUT2D eigenvalue weighted by atomic mass is 10.0. The molecule has 0 radical (unpaired) electrons. The molecular formula is C25H14N4. The summed E-state index contributed by atoms with van der Waals surface area (Å²) in [5.41, 5.74) is 6.14. The molecule has 0 fully saturated rings. The number of aromatic nitrogens is 2. The minimum atomic E-state index is 0.526. The number of fused-ring (bicyclic) bond motifs is 3. The van der Waals surface area contributed by atoms with Gasteiger partial charge in [0.05, 0.1) is 33.9 Å². The Hall–Kier alpha value is -4.41. The zero-order valence-corrected chi connectivity index (χ0v) is 15.4. The van der Waals surface area contributed by atoms with Gasteiger partial charge in [-0.15, -0.1) is 0 Å². The summed E-state index contributed by atoms with van der Waals surface area (Å²) in [7, 11) is 0. The van der Waals surface area contributed by atoms with E-state index >= 15 is 0 Å². The molecule has 4 heteroatoms. The normalized spacial score (nSPS) is 10.7. The van der Waals surface area contributed by atoms with E-state index in [9.17, 15) is 10.5 Å². The van der Waals surface area contributed by atoms with E-state index in [1.807, 2.05) is 54.6 Å². The van der Waals surface area contributed by atoms with E-state index in [4.69, 9.17) is 0 Å². The van der Waals surface area contributed by atoms with Crippen LogP contribution in [0.2, 0.25) is 0 Å². The maximum Gasteiger partial charge on any atom is 0.101 e. The predicted molar refractivity (Wildman–Crippen MR) is 113 cm³/mol. The first kappa shape index (κ1) is 16.7. The Labute approximate surface area is 167 Å². The maximum absolute atomic E-state index is 9.35. The molecule has 0 N–H and O–H groups in total. The van der Waals surface area contributed by atoms with Gasteiger partial charge in [-0.1, -0.05) is 36.4 Å². The molecule has 0 unspecified atom stereocenters. The lowest BCUT2D eigenvalue weighted by Crippen LogP contribution is -1.97. The zero-order chi connectivity index (χ0) is 19.8. The van der Waals surface area contributed by atoms with Crippen molar-refractivity contribution in [1.82, 2.24) is 9.55 Å². The van der Waals surface area contributed by atoms with Crippen LogP contribution in [0.25, 0.3) is 38.6 Å². The Kier molecular flexibility index (Phi) is 3.83. The zero-order valence-electron chi connectivity index (χ0n) is 15.4. The number of rotatable bonds is 2. The number of benzene rings is 3. The van der Waals surface area contributed by atoms with Crippen LogP contribution in [-0.2, 0) is 0 Å². The molecule has 5 rings (SSSR count). The van der Waals surface area contributed by atoms with Gasteiger partial charge in [-0.05, 0) is 36.4 Å². The Balaban J connectivity index is 1.88. The molecule has 0 amide bonds. The van der Waals surface area contributed by atoms with Crippen molar-refractivity contribution >= 4 is 21.8 Å². The number of hydrogen-bond acceptors (Lipinski definition) is 3. The van der Waals surface area contributed by atoms with Crippen molar-refractivity contribution in [1.29, 1.82) is 10.5 Å². The van der Waals surface area contributed by atoms with Crippen LogP contribution < -0.4 is 0 Å². The van der Waals surface area contributed by atoms with Crippen LogP contribution in [-0.4, -0.2) is 9.55 Å². The summed E-state index contributed by atoms with van der Waals surface area (Å²) < 4.78 is 2.21. The van der Waals surface area contributed by atoms with Gasteiger partial charge in [-0.3, -0.25) is 4.98 Å². The standard InChI is InChI=1S/C25H14N4/c26-13-17-9-10-25-22(12-17)21-6-2-4-8-24(21)29(25)23-7-3-1-5-20(23)19-11-18(14-27)15-28-16-19/h1-12,15-16H. The molecule has 0 aliphatic heterocycles. The van der Waals surface area contributed by atoms with E-state index in [-0.39, 0.29) is 0 Å². The molecule has 4 nitrogen and oxygen atoms in total. The van der Waals surface area contributed by atoms with Crippen molar-refractivity contribution in [2.75, 3.05) is 0 Å². The number of hydrogen-bond donors (Lipinski definition) is 0. The molecule has 29 heavy (non-hydrogen) atoms. The summed E-state index contributed by atoms with van der Waals surface area (Å²) in [6.45, 7) is 0. The van der Waals surface area contributed by atoms with Gasteiger partial charge in [-0.25, -0.2) is 0 Å². The van der Waals surface area contributed by atoms with E-state index in [0.717, 1.165) is 38.6 Å². The highest BCUT2D eigenvalue weighted by Gasteiger charge is 2.15. The first-order valence-electron chi connectivity index (χ1n) is 9.18. The third kappa shape index (κ3) is 2.64. The summed E-state index contributed by atoms with van der Waals surface area (Å²) in [4.78, 5) is 4.23. The van der Waals surface area contributed by atoms with E-state index in [0.29, 0.717) is 11.1 Å². The summed E-state index contributed by atoms with van der Waals surface area (Å²) in [6, 6.07) is 28.3. The van der Waals surface area contributed by atoms with Crippen molar-refractivity contribution in [3.63, 3.8) is 0 Å². The van der Waals surface area contributed by atoms with Crippen LogP contribution >= 0.6 is 0 Å². The van der Waals surface area contributed by atoms with Crippen LogP contribution in [0.4, 0.5) is 0 Å². The van der Waals surface area contributed by atoms with Gasteiger partial charge in [0.15, 0.2) is 0 Å². The average molecular weight is 370 g/mol. The molecule has 0 aliphatic rings. The maximum atomic E-state index is 9.35. The topological polar surface area (TPSA) is 65.4 Å². The van der Waals surface area contributed by atoms with Crippen LogP contribution in [0.3, 0.4) is 0 Å². The summed E-state index contributed by atoms with van der Waals surface area (Å²) >= 11 is 0. The highest BCUT2D eigenvalue weighted by Crippen LogP contribution is 2.36. The van der Waals surface area contributed by atoms with Crippen molar-refractivity contribution in [3.8, 4) is 29.0 Å². The Morgan fingerprint density at radius 2 is 1.45 bits per heavy atom. The van der Waals surface area contributed by atoms with Gasteiger partial charge in [0.1, 0.15) is 6.07 Å². The lowest BCUT2D eigenvalue weighted by Gasteiger charge is -2.14. The van der Waals surface area contributed by atoms with Gasteiger partial charge >= 0.3 is 0 Å². The van der Waals surface area contributed by atoms with Gasteiger partial charge < -0.3 is 4.57 Å². The van der Waals surface area contributed by atoms with E-state index < -0.39 is 0 Å². The van der Waals surface area contributed by atoms with E-state index in [1.54, 1.807) is 12.4 Å². The molecule has 0 aliphatic carbocycles. The first-order valence-corrected chi connectivity index (χ1v) is 9.18. The fourth-order valence-electron chi connectivity index (χ4n) is 3.86. The van der Waals surface area contributed by atoms with Crippen LogP contribution in [0, 0.1) is 22.7 Å². The number of nitriles is 2. The quantitative estimate of drug-likeness (QED) is 0.407. The highest BCUT2D eigenvalue weighted by molar-refractivity contribution is 6.10. The second-order valence-corrected chi connectivity index (χ2v) is 6.79. The Bertz CT molecular complexity index is 1480. The number of nitrogens with zero attached hydrogens (tertiary/aromatic N) is 4. The molecule has 2 heterocycles. The van der Waals surface area contributed by atoms with Gasteiger partial charge in [-0.2, -0.15) is 10.5 Å². The molecule has 2 aromatic heterocycles. The fourth-order valence-corrected chi connectivity index (χ4v) is 3.86. The van der Waals surface area contributed by atoms with Crippen LogP contribution in [0.15, 0.2) is 85.2 Å². The van der Waals surface area contributed by atoms with Crippen molar-refractivity contribution < 1.29 is 0 Å². The van der Waals surface area contributed by atoms with Gasteiger partial charge in [0, 0.05) is 34.3 Å². The smallest absolute Gasteiger partial charge is 0.101 e. The SMILES string of the molecule is N#Cc1cncc(-c2ccccc2-n2c3ccccc3c3cc(C#N)ccc32)c1. The fraction of sp³-hybridized carbons (Fsp3) is 0. The van der Waals surface area contributed by atoms with Crippen LogP contribution in [0.1, 0.15) is 11.1 Å². The number of pyridine rings is 1. The Morgan fingerprint density at radius 1 is 0.690 bits per heavy atom. The van der Waals surface area contributed by atoms with Crippen molar-refractivity contribution in [2.24, 2.45) is 0 Å². The van der Waals surface area contributed by atoms with Crippen molar-refractivity contribution in [2.45, 2.75) is 0 Å². The largest absolute Gasteiger partial charge is 0.309 e. The third-order valence-corrected chi connectivity index (χ3v) is 5.12. The van der Waals surface area contributed by atoms with E-state index in [2.05, 4.69) is 39.9 Å². The molecule has 0 bridgehead atoms. The summed E-state index contributed by atoms with van der Waals surface area (Å²) in [5, 5.41) is 20.8. The Morgan fingerprint density at radius 3 is 2.31 bits per heavy atom. The second kappa shape index (κ2) is 6.64. The minimum Gasteiger partial charge on any atom is -0.309 e.